The van der Waals surface area contributed by atoms with E-state index in [2.05, 4.69) is 4.98 Å². The standard InChI is InChI=1S/C12H11ClFN3O2/c1-19-8-4-2-3-7(9(8)14)5-17-6-16-11(13)10(15)12(17)18/h2-4,6H,5,15H2,1H3. The van der Waals surface area contributed by atoms with Gasteiger partial charge >= 0.3 is 0 Å². The van der Waals surface area contributed by atoms with Gasteiger partial charge in [0, 0.05) is 5.56 Å². The first-order valence-corrected chi connectivity index (χ1v) is 5.74. The molecule has 0 radical (unpaired) electrons. The summed E-state index contributed by atoms with van der Waals surface area (Å²) in [5.74, 6) is -0.411. The number of hydrogen-bond acceptors (Lipinski definition) is 4. The molecule has 0 aliphatic carbocycles. The molecule has 1 aromatic carbocycles. The van der Waals surface area contributed by atoms with Crippen LogP contribution in [0.3, 0.4) is 0 Å². The van der Waals surface area contributed by atoms with Crippen LogP contribution in [-0.2, 0) is 6.54 Å². The number of methoxy groups -OCH3 is 1. The van der Waals surface area contributed by atoms with Crippen LogP contribution in [0.4, 0.5) is 10.1 Å². The minimum Gasteiger partial charge on any atom is -0.494 e. The molecule has 5 nitrogen and oxygen atoms in total. The molecule has 0 amide bonds. The predicted octanol–water partition coefficient (Wildman–Crippen LogP) is 1.67. The molecule has 2 aromatic rings. The maximum Gasteiger partial charge on any atom is 0.278 e. The van der Waals surface area contributed by atoms with E-state index in [1.54, 1.807) is 12.1 Å². The first-order chi connectivity index (χ1) is 9.04. The van der Waals surface area contributed by atoms with Crippen molar-refractivity contribution < 1.29 is 9.13 Å². The van der Waals surface area contributed by atoms with Crippen LogP contribution in [0, 0.1) is 5.82 Å². The number of halogens is 2. The molecule has 0 saturated heterocycles. The van der Waals surface area contributed by atoms with Crippen molar-refractivity contribution in [2.45, 2.75) is 6.54 Å². The highest BCUT2D eigenvalue weighted by atomic mass is 35.5. The Hall–Kier alpha value is -2.08. The third-order valence-corrected chi connectivity index (χ3v) is 2.93. The zero-order chi connectivity index (χ0) is 14.0. The van der Waals surface area contributed by atoms with Gasteiger partial charge in [-0.3, -0.25) is 9.36 Å². The van der Waals surface area contributed by atoms with Crippen LogP contribution in [0.2, 0.25) is 5.15 Å². The number of rotatable bonds is 3. The minimum atomic E-state index is -0.523. The van der Waals surface area contributed by atoms with Gasteiger partial charge in [-0.05, 0) is 6.07 Å². The number of nitrogens with zero attached hydrogens (tertiary/aromatic N) is 2. The van der Waals surface area contributed by atoms with Gasteiger partial charge in [0.2, 0.25) is 0 Å². The molecule has 100 valence electrons. The van der Waals surface area contributed by atoms with Gasteiger partial charge in [0.25, 0.3) is 5.56 Å². The van der Waals surface area contributed by atoms with Gasteiger partial charge in [-0.15, -0.1) is 0 Å². The lowest BCUT2D eigenvalue weighted by Crippen LogP contribution is -2.24. The Balaban J connectivity index is 2.43. The Morgan fingerprint density at radius 3 is 2.95 bits per heavy atom. The van der Waals surface area contributed by atoms with Gasteiger partial charge in [0.15, 0.2) is 16.7 Å². The van der Waals surface area contributed by atoms with Crippen LogP contribution in [0.25, 0.3) is 0 Å². The van der Waals surface area contributed by atoms with E-state index in [0.717, 1.165) is 0 Å². The van der Waals surface area contributed by atoms with Crippen molar-refractivity contribution in [3.05, 3.63) is 51.4 Å². The highest BCUT2D eigenvalue weighted by Crippen LogP contribution is 2.20. The highest BCUT2D eigenvalue weighted by molar-refractivity contribution is 6.31. The summed E-state index contributed by atoms with van der Waals surface area (Å²) in [6.07, 6.45) is 1.22. The van der Waals surface area contributed by atoms with Crippen LogP contribution in [0.15, 0.2) is 29.3 Å². The van der Waals surface area contributed by atoms with E-state index in [9.17, 15) is 9.18 Å². The molecule has 19 heavy (non-hydrogen) atoms. The second-order valence-corrected chi connectivity index (χ2v) is 4.17. The molecule has 1 heterocycles. The van der Waals surface area contributed by atoms with Crippen LogP contribution in [0.1, 0.15) is 5.56 Å². The molecule has 2 N–H and O–H groups in total. The molecule has 2 rings (SSSR count). The molecular weight excluding hydrogens is 273 g/mol. The molecule has 0 aliphatic rings. The fraction of sp³-hybridized carbons (Fsp3) is 0.167. The maximum absolute atomic E-state index is 14.0. The van der Waals surface area contributed by atoms with Crippen LogP contribution in [0.5, 0.6) is 5.75 Å². The summed E-state index contributed by atoms with van der Waals surface area (Å²) in [6.45, 7) is -0.00373. The summed E-state index contributed by atoms with van der Waals surface area (Å²) in [5.41, 5.74) is 5.11. The van der Waals surface area contributed by atoms with Gasteiger partial charge in [0.1, 0.15) is 5.69 Å². The van der Waals surface area contributed by atoms with Crippen molar-refractivity contribution in [1.82, 2.24) is 9.55 Å². The lowest BCUT2D eigenvalue weighted by molar-refractivity contribution is 0.383. The van der Waals surface area contributed by atoms with Crippen LogP contribution >= 0.6 is 11.6 Å². The summed E-state index contributed by atoms with van der Waals surface area (Å²) < 4.78 is 20.0. The van der Waals surface area contributed by atoms with Gasteiger partial charge in [0.05, 0.1) is 20.0 Å². The van der Waals surface area contributed by atoms with E-state index in [-0.39, 0.29) is 23.1 Å². The van der Waals surface area contributed by atoms with E-state index >= 15 is 0 Å². The number of benzene rings is 1. The number of ether oxygens (including phenoxy) is 1. The number of nitrogen functional groups attached to an aromatic ring is 1. The SMILES string of the molecule is COc1cccc(Cn2cnc(Cl)c(N)c2=O)c1F. The van der Waals surface area contributed by atoms with Crippen LogP contribution in [-0.4, -0.2) is 16.7 Å². The second-order valence-electron chi connectivity index (χ2n) is 3.82. The molecule has 0 bridgehead atoms. The molecule has 0 aliphatic heterocycles. The molecule has 0 fully saturated rings. The number of hydrogen-bond donors (Lipinski definition) is 1. The van der Waals surface area contributed by atoms with Gasteiger partial charge in [-0.2, -0.15) is 0 Å². The fourth-order valence-corrected chi connectivity index (χ4v) is 1.74. The first-order valence-electron chi connectivity index (χ1n) is 5.36. The molecule has 1 aromatic heterocycles. The number of aromatic nitrogens is 2. The minimum absolute atomic E-state index is 0.00373. The second kappa shape index (κ2) is 5.27. The Kier molecular flexibility index (Phi) is 3.71. The van der Waals surface area contributed by atoms with Crippen molar-refractivity contribution in [2.75, 3.05) is 12.8 Å². The average Bonchev–Trinajstić information content (AvgIpc) is 2.41. The summed E-state index contributed by atoms with van der Waals surface area (Å²) in [7, 11) is 1.37. The molecule has 7 heteroatoms. The zero-order valence-electron chi connectivity index (χ0n) is 10.1. The summed E-state index contributed by atoms with van der Waals surface area (Å²) in [5, 5.41) is -0.0626. The highest BCUT2D eigenvalue weighted by Gasteiger charge is 2.11. The molecular formula is C12H11ClFN3O2. The van der Waals surface area contributed by atoms with E-state index in [1.165, 1.54) is 24.1 Å². The molecule has 0 unspecified atom stereocenters. The van der Waals surface area contributed by atoms with Crippen molar-refractivity contribution in [2.24, 2.45) is 0 Å². The lowest BCUT2D eigenvalue weighted by Gasteiger charge is -2.09. The van der Waals surface area contributed by atoms with Crippen molar-refractivity contribution >= 4 is 17.3 Å². The Morgan fingerprint density at radius 1 is 1.53 bits per heavy atom. The third kappa shape index (κ3) is 2.53. The quantitative estimate of drug-likeness (QED) is 0.870. The topological polar surface area (TPSA) is 70.1 Å². The molecule has 0 atom stereocenters. The molecule has 0 saturated carbocycles. The molecule has 0 spiro atoms. The van der Waals surface area contributed by atoms with Crippen molar-refractivity contribution in [3.63, 3.8) is 0 Å². The number of nitrogens with two attached hydrogens (primary N) is 1. The maximum atomic E-state index is 14.0. The van der Waals surface area contributed by atoms with Crippen molar-refractivity contribution in [3.8, 4) is 5.75 Å². The van der Waals surface area contributed by atoms with Crippen molar-refractivity contribution in [1.29, 1.82) is 0 Å². The number of anilines is 1. The summed E-state index contributed by atoms with van der Waals surface area (Å²) >= 11 is 5.62. The van der Waals surface area contributed by atoms with E-state index in [1.807, 2.05) is 0 Å². The van der Waals surface area contributed by atoms with E-state index < -0.39 is 11.4 Å². The third-order valence-electron chi connectivity index (χ3n) is 2.63. The first kappa shape index (κ1) is 13.4. The zero-order valence-corrected chi connectivity index (χ0v) is 10.8. The largest absolute Gasteiger partial charge is 0.494 e. The fourth-order valence-electron chi connectivity index (χ4n) is 1.62. The predicted molar refractivity (Wildman–Crippen MR) is 70.0 cm³/mol. The smallest absolute Gasteiger partial charge is 0.278 e. The summed E-state index contributed by atoms with van der Waals surface area (Å²) in [6, 6.07) is 4.68. The van der Waals surface area contributed by atoms with E-state index in [4.69, 9.17) is 22.1 Å². The van der Waals surface area contributed by atoms with Gasteiger partial charge in [-0.25, -0.2) is 9.37 Å². The Bertz CT molecular complexity index is 673. The van der Waals surface area contributed by atoms with Gasteiger partial charge < -0.3 is 10.5 Å². The lowest BCUT2D eigenvalue weighted by atomic mass is 10.2. The normalized spacial score (nSPS) is 10.5. The Labute approximate surface area is 113 Å². The average molecular weight is 284 g/mol. The van der Waals surface area contributed by atoms with Crippen LogP contribution < -0.4 is 16.0 Å². The summed E-state index contributed by atoms with van der Waals surface area (Å²) in [4.78, 5) is 15.6. The van der Waals surface area contributed by atoms with Gasteiger partial charge in [-0.1, -0.05) is 23.7 Å². The Morgan fingerprint density at radius 2 is 2.26 bits per heavy atom. The monoisotopic (exact) mass is 283 g/mol. The van der Waals surface area contributed by atoms with E-state index in [0.29, 0.717) is 5.56 Å².